The van der Waals surface area contributed by atoms with E-state index in [0.717, 1.165) is 32.1 Å². The summed E-state index contributed by atoms with van der Waals surface area (Å²) in [6, 6.07) is 3.26. The predicted molar refractivity (Wildman–Crippen MR) is 128 cm³/mol. The SMILES string of the molecule is CCCC[C@]1(CC)CS(=O)(=O)c2cc(CCC(=O)NO)c(OC)cc2[C@@H](C2=CC=CCC2)N1. The maximum Gasteiger partial charge on any atom is 0.243 e. The van der Waals surface area contributed by atoms with Gasteiger partial charge in [-0.3, -0.25) is 15.3 Å². The molecule has 182 valence electrons. The zero-order valence-electron chi connectivity index (χ0n) is 19.8. The molecule has 0 bridgehead atoms. The average molecular weight is 477 g/mol. The maximum atomic E-state index is 13.8. The van der Waals surface area contributed by atoms with Crippen LogP contribution in [0.4, 0.5) is 0 Å². The highest BCUT2D eigenvalue weighted by molar-refractivity contribution is 7.91. The third kappa shape index (κ3) is 5.67. The average Bonchev–Trinajstić information content (AvgIpc) is 2.93. The Morgan fingerprint density at radius 2 is 2.12 bits per heavy atom. The standard InChI is InChI=1S/C25H36N2O5S/c1-4-6-14-25(5-2)17-33(30,31)22-15-19(12-13-23(28)27-29)21(32-3)16-20(22)24(26-25)18-10-8-7-9-11-18/h7-8,10,15-16,24,26,29H,4-6,9,11-14,17H2,1-3H3,(H,27,28)/t24-,25-/m1/s1. The summed E-state index contributed by atoms with van der Waals surface area (Å²) in [5.41, 5.74) is 3.61. The van der Waals surface area contributed by atoms with E-state index >= 15 is 0 Å². The van der Waals surface area contributed by atoms with Crippen molar-refractivity contribution in [2.75, 3.05) is 12.9 Å². The van der Waals surface area contributed by atoms with Crippen LogP contribution in [0.2, 0.25) is 0 Å². The fourth-order valence-electron chi connectivity index (χ4n) is 4.86. The van der Waals surface area contributed by atoms with Gasteiger partial charge in [-0.1, -0.05) is 44.9 Å². The number of rotatable bonds is 9. The molecule has 1 aliphatic carbocycles. The van der Waals surface area contributed by atoms with Crippen molar-refractivity contribution < 1.29 is 23.2 Å². The van der Waals surface area contributed by atoms with E-state index in [-0.39, 0.29) is 24.6 Å². The third-order valence-corrected chi connectivity index (χ3v) is 8.78. The second-order valence-corrected chi connectivity index (χ2v) is 11.0. The molecule has 3 rings (SSSR count). The highest BCUT2D eigenvalue weighted by Crippen LogP contribution is 2.42. The molecule has 33 heavy (non-hydrogen) atoms. The lowest BCUT2D eigenvalue weighted by atomic mass is 9.85. The molecule has 8 heteroatoms. The number of hydrogen-bond donors (Lipinski definition) is 3. The molecular formula is C25H36N2O5S. The van der Waals surface area contributed by atoms with Gasteiger partial charge in [0.2, 0.25) is 5.91 Å². The van der Waals surface area contributed by atoms with Crippen LogP contribution in [0.25, 0.3) is 0 Å². The first-order valence-electron chi connectivity index (χ1n) is 11.8. The van der Waals surface area contributed by atoms with Gasteiger partial charge in [-0.15, -0.1) is 0 Å². The van der Waals surface area contributed by atoms with Gasteiger partial charge in [0.1, 0.15) is 5.75 Å². The number of hydrogen-bond acceptors (Lipinski definition) is 6. The van der Waals surface area contributed by atoms with Crippen LogP contribution < -0.4 is 15.5 Å². The first-order chi connectivity index (χ1) is 15.8. The Morgan fingerprint density at radius 1 is 1.33 bits per heavy atom. The monoisotopic (exact) mass is 476 g/mol. The Kier molecular flexibility index (Phi) is 8.37. The van der Waals surface area contributed by atoms with Gasteiger partial charge in [-0.25, -0.2) is 13.9 Å². The summed E-state index contributed by atoms with van der Waals surface area (Å²) in [6.45, 7) is 4.18. The van der Waals surface area contributed by atoms with Crippen LogP contribution in [0.15, 0.2) is 40.8 Å². The number of hydroxylamine groups is 1. The van der Waals surface area contributed by atoms with Crippen molar-refractivity contribution >= 4 is 15.7 Å². The molecule has 1 aliphatic heterocycles. The largest absolute Gasteiger partial charge is 0.496 e. The highest BCUT2D eigenvalue weighted by atomic mass is 32.2. The molecule has 0 unspecified atom stereocenters. The molecule has 1 heterocycles. The summed E-state index contributed by atoms with van der Waals surface area (Å²) in [5, 5.41) is 12.6. The molecule has 7 nitrogen and oxygen atoms in total. The molecule has 2 aliphatic rings. The van der Waals surface area contributed by atoms with Gasteiger partial charge in [0, 0.05) is 12.0 Å². The number of nitrogens with one attached hydrogen (secondary N) is 2. The summed E-state index contributed by atoms with van der Waals surface area (Å²) in [7, 11) is -2.06. The molecule has 0 spiro atoms. The van der Waals surface area contributed by atoms with Crippen LogP contribution in [0.1, 0.15) is 76.0 Å². The van der Waals surface area contributed by atoms with Crippen LogP contribution in [0.5, 0.6) is 5.75 Å². The normalized spacial score (nSPS) is 23.9. The van der Waals surface area contributed by atoms with E-state index in [2.05, 4.69) is 31.3 Å². The number of allylic oxidation sites excluding steroid dienone is 3. The molecule has 1 aromatic rings. The van der Waals surface area contributed by atoms with Crippen molar-refractivity contribution in [2.24, 2.45) is 0 Å². The summed E-state index contributed by atoms with van der Waals surface area (Å²) in [6.07, 6.45) is 11.8. The molecule has 1 aromatic carbocycles. The smallest absolute Gasteiger partial charge is 0.243 e. The van der Waals surface area contributed by atoms with Gasteiger partial charge in [0.25, 0.3) is 0 Å². The minimum absolute atomic E-state index is 0.0265. The number of methoxy groups -OCH3 is 1. The van der Waals surface area contributed by atoms with Gasteiger partial charge in [-0.2, -0.15) is 0 Å². The molecular weight excluding hydrogens is 440 g/mol. The molecule has 0 saturated heterocycles. The van der Waals surface area contributed by atoms with E-state index in [1.807, 2.05) is 12.1 Å². The topological polar surface area (TPSA) is 105 Å². The van der Waals surface area contributed by atoms with Gasteiger partial charge < -0.3 is 4.74 Å². The second kappa shape index (κ2) is 10.8. The summed E-state index contributed by atoms with van der Waals surface area (Å²) in [4.78, 5) is 11.9. The van der Waals surface area contributed by atoms with Crippen molar-refractivity contribution in [3.05, 3.63) is 47.1 Å². The molecule has 0 fully saturated rings. The molecule has 0 radical (unpaired) electrons. The summed E-state index contributed by atoms with van der Waals surface area (Å²) < 4.78 is 33.2. The number of fused-ring (bicyclic) bond motifs is 1. The minimum atomic E-state index is -3.61. The van der Waals surface area contributed by atoms with Crippen molar-refractivity contribution in [3.8, 4) is 5.75 Å². The quantitative estimate of drug-likeness (QED) is 0.365. The van der Waals surface area contributed by atoms with Crippen LogP contribution in [-0.4, -0.2) is 37.9 Å². The van der Waals surface area contributed by atoms with E-state index in [1.165, 1.54) is 5.57 Å². The van der Waals surface area contributed by atoms with Gasteiger partial charge in [0.05, 0.1) is 23.8 Å². The highest BCUT2D eigenvalue weighted by Gasteiger charge is 2.42. The lowest BCUT2D eigenvalue weighted by molar-refractivity contribution is -0.129. The molecule has 0 saturated carbocycles. The molecule has 2 atom stereocenters. The fourth-order valence-corrected chi connectivity index (χ4v) is 7.04. The minimum Gasteiger partial charge on any atom is -0.496 e. The molecule has 0 aromatic heterocycles. The maximum absolute atomic E-state index is 13.8. The number of carbonyl (C=O) groups excluding carboxylic acids is 1. The first-order valence-corrected chi connectivity index (χ1v) is 13.4. The van der Waals surface area contributed by atoms with E-state index in [1.54, 1.807) is 18.7 Å². The van der Waals surface area contributed by atoms with Crippen molar-refractivity contribution in [1.82, 2.24) is 10.8 Å². The van der Waals surface area contributed by atoms with Gasteiger partial charge >= 0.3 is 0 Å². The second-order valence-electron chi connectivity index (χ2n) is 9.02. The Labute approximate surface area is 197 Å². The van der Waals surface area contributed by atoms with Crippen LogP contribution >= 0.6 is 0 Å². The number of ether oxygens (including phenoxy) is 1. The molecule has 1 amide bonds. The van der Waals surface area contributed by atoms with Crippen LogP contribution in [0, 0.1) is 0 Å². The number of aryl methyl sites for hydroxylation is 1. The number of unbranched alkanes of at least 4 members (excludes halogenated alkanes) is 1. The van der Waals surface area contributed by atoms with Gasteiger partial charge in [-0.05, 0) is 60.9 Å². The Balaban J connectivity index is 2.18. The number of amides is 1. The van der Waals surface area contributed by atoms with Crippen LogP contribution in [0.3, 0.4) is 0 Å². The fraction of sp³-hybridized carbons (Fsp3) is 0.560. The first kappa shape index (κ1) is 25.5. The lowest BCUT2D eigenvalue weighted by Crippen LogP contribution is -2.50. The summed E-state index contributed by atoms with van der Waals surface area (Å²) >= 11 is 0. The van der Waals surface area contributed by atoms with E-state index in [4.69, 9.17) is 9.94 Å². The Hall–Kier alpha value is -2.16. The van der Waals surface area contributed by atoms with Crippen molar-refractivity contribution in [3.63, 3.8) is 0 Å². The Bertz CT molecular complexity index is 1030. The van der Waals surface area contributed by atoms with E-state index in [0.29, 0.717) is 28.2 Å². The molecule has 3 N–H and O–H groups in total. The van der Waals surface area contributed by atoms with Crippen molar-refractivity contribution in [2.45, 2.75) is 81.7 Å². The van der Waals surface area contributed by atoms with Crippen molar-refractivity contribution in [1.29, 1.82) is 0 Å². The van der Waals surface area contributed by atoms with Crippen LogP contribution in [-0.2, 0) is 21.1 Å². The predicted octanol–water partition coefficient (Wildman–Crippen LogP) is 4.17. The zero-order valence-corrected chi connectivity index (χ0v) is 20.6. The van der Waals surface area contributed by atoms with E-state index in [9.17, 15) is 13.2 Å². The Morgan fingerprint density at radius 3 is 2.73 bits per heavy atom. The van der Waals surface area contributed by atoms with Gasteiger partial charge in [0.15, 0.2) is 9.84 Å². The third-order valence-electron chi connectivity index (χ3n) is 6.82. The zero-order chi connectivity index (χ0) is 24.1. The number of sulfone groups is 1. The summed E-state index contributed by atoms with van der Waals surface area (Å²) in [5.74, 6) is 0.0514. The lowest BCUT2D eigenvalue weighted by Gasteiger charge is -2.37. The van der Waals surface area contributed by atoms with E-state index < -0.39 is 21.3 Å². The number of benzene rings is 1. The number of carbonyl (C=O) groups is 1.